The van der Waals surface area contributed by atoms with Crippen LogP contribution >= 0.6 is 22.9 Å². The smallest absolute Gasteiger partial charge is 0.277 e. The van der Waals surface area contributed by atoms with Gasteiger partial charge in [-0.1, -0.05) is 29.8 Å². The summed E-state index contributed by atoms with van der Waals surface area (Å²) >= 11 is 7.02. The van der Waals surface area contributed by atoms with Gasteiger partial charge in [0.15, 0.2) is 0 Å². The van der Waals surface area contributed by atoms with Gasteiger partial charge in [-0.15, -0.1) is 11.3 Å². The molecule has 24 heavy (non-hydrogen) atoms. The molecule has 2 aromatic heterocycles. The van der Waals surface area contributed by atoms with Crippen LogP contribution in [0.15, 0.2) is 46.8 Å². The van der Waals surface area contributed by atoms with Gasteiger partial charge in [0, 0.05) is 18.1 Å². The zero-order valence-electron chi connectivity index (χ0n) is 12.9. The van der Waals surface area contributed by atoms with Gasteiger partial charge in [-0.2, -0.15) is 8.42 Å². The number of hydrogen-bond acceptors (Lipinski definition) is 4. The number of hydrogen-bond donors (Lipinski definition) is 1. The first-order chi connectivity index (χ1) is 11.6. The Hall–Kier alpha value is -1.34. The van der Waals surface area contributed by atoms with Crippen LogP contribution in [0.2, 0.25) is 4.34 Å². The van der Waals surface area contributed by atoms with Gasteiger partial charge >= 0.3 is 0 Å². The Morgan fingerprint density at radius 1 is 1.21 bits per heavy atom. The van der Waals surface area contributed by atoms with Crippen molar-refractivity contribution in [1.29, 1.82) is 0 Å². The maximum atomic E-state index is 13.1. The molecule has 0 spiro atoms. The number of rotatable bonds is 3. The van der Waals surface area contributed by atoms with Crippen LogP contribution in [0.3, 0.4) is 0 Å². The van der Waals surface area contributed by atoms with Crippen molar-refractivity contribution in [1.82, 2.24) is 9.29 Å². The highest BCUT2D eigenvalue weighted by molar-refractivity contribution is 7.92. The molecule has 3 heterocycles. The normalized spacial score (nSPS) is 19.0. The van der Waals surface area contributed by atoms with Gasteiger partial charge in [0.2, 0.25) is 0 Å². The average molecular weight is 381 g/mol. The monoisotopic (exact) mass is 380 g/mol. The highest BCUT2D eigenvalue weighted by atomic mass is 35.5. The maximum Gasteiger partial charge on any atom is 0.277 e. The minimum atomic E-state index is -3.63. The van der Waals surface area contributed by atoms with Crippen LogP contribution in [0, 0.1) is 0 Å². The van der Waals surface area contributed by atoms with Gasteiger partial charge in [-0.05, 0) is 49.1 Å². The van der Waals surface area contributed by atoms with Crippen molar-refractivity contribution in [3.05, 3.63) is 52.5 Å². The molecule has 3 aromatic rings. The van der Waals surface area contributed by atoms with Gasteiger partial charge < -0.3 is 5.32 Å². The number of piperidine rings is 1. The maximum absolute atomic E-state index is 13.1. The molecule has 0 aliphatic carbocycles. The van der Waals surface area contributed by atoms with Crippen LogP contribution in [0.5, 0.6) is 0 Å². The zero-order chi connectivity index (χ0) is 16.7. The number of fused-ring (bicyclic) bond motifs is 1. The van der Waals surface area contributed by atoms with Crippen LogP contribution in [-0.2, 0) is 10.0 Å². The molecule has 1 saturated heterocycles. The first-order valence-electron chi connectivity index (χ1n) is 7.89. The fourth-order valence-corrected chi connectivity index (χ4v) is 6.30. The molecule has 0 saturated carbocycles. The minimum absolute atomic E-state index is 0.265. The van der Waals surface area contributed by atoms with E-state index >= 15 is 0 Å². The Bertz CT molecular complexity index is 985. The summed E-state index contributed by atoms with van der Waals surface area (Å²) in [5.74, 6) is 0.340. The van der Waals surface area contributed by atoms with Crippen molar-refractivity contribution in [3.63, 3.8) is 0 Å². The lowest BCUT2D eigenvalue weighted by Gasteiger charge is -2.22. The minimum Gasteiger partial charge on any atom is -0.316 e. The highest BCUT2D eigenvalue weighted by Gasteiger charge is 2.26. The summed E-state index contributed by atoms with van der Waals surface area (Å²) in [6.07, 6.45) is 3.98. The first-order valence-corrected chi connectivity index (χ1v) is 10.5. The zero-order valence-corrected chi connectivity index (χ0v) is 15.3. The molecule has 1 aliphatic heterocycles. The number of nitrogens with one attached hydrogen (secondary N) is 1. The first kappa shape index (κ1) is 16.1. The molecule has 1 fully saturated rings. The third-order valence-electron chi connectivity index (χ3n) is 4.51. The Kier molecular flexibility index (Phi) is 4.16. The van der Waals surface area contributed by atoms with E-state index in [1.54, 1.807) is 18.3 Å². The second kappa shape index (κ2) is 6.19. The largest absolute Gasteiger partial charge is 0.316 e. The van der Waals surface area contributed by atoms with E-state index < -0.39 is 10.0 Å². The van der Waals surface area contributed by atoms with Crippen molar-refractivity contribution >= 4 is 43.9 Å². The van der Waals surface area contributed by atoms with E-state index in [2.05, 4.69) is 5.32 Å². The summed E-state index contributed by atoms with van der Waals surface area (Å²) in [7, 11) is -3.63. The summed E-state index contributed by atoms with van der Waals surface area (Å²) < 4.78 is 28.3. The molecule has 0 amide bonds. The predicted molar refractivity (Wildman–Crippen MR) is 98.7 cm³/mol. The summed E-state index contributed by atoms with van der Waals surface area (Å²) in [4.78, 5) is 0. The average Bonchev–Trinajstić information content (AvgIpc) is 3.20. The summed E-state index contributed by atoms with van der Waals surface area (Å²) in [6.45, 7) is 1.92. The number of para-hydroxylation sites is 1. The lowest BCUT2D eigenvalue weighted by Crippen LogP contribution is -2.28. The quantitative estimate of drug-likeness (QED) is 0.745. The molecule has 7 heteroatoms. The molecule has 1 unspecified atom stereocenters. The lowest BCUT2D eigenvalue weighted by atomic mass is 9.91. The molecular weight excluding hydrogens is 364 g/mol. The third-order valence-corrected chi connectivity index (χ3v) is 7.88. The van der Waals surface area contributed by atoms with E-state index in [4.69, 9.17) is 11.6 Å². The Labute approximate surface area is 150 Å². The molecule has 126 valence electrons. The number of benzene rings is 1. The Morgan fingerprint density at radius 2 is 2.04 bits per heavy atom. The SMILES string of the molecule is O=S(=O)(c1ccc(Cl)s1)n1cc(C2CCCNC2)c2ccccc21. The molecular formula is C17H17ClN2O2S2. The second-order valence-corrected chi connectivity index (χ2v) is 9.76. The molecule has 0 bridgehead atoms. The fourth-order valence-electron chi connectivity index (χ4n) is 3.35. The van der Waals surface area contributed by atoms with Crippen LogP contribution < -0.4 is 5.32 Å². The molecule has 1 aromatic carbocycles. The van der Waals surface area contributed by atoms with Crippen LogP contribution in [0.25, 0.3) is 10.9 Å². The van der Waals surface area contributed by atoms with Gasteiger partial charge in [-0.3, -0.25) is 0 Å². The van der Waals surface area contributed by atoms with E-state index in [1.807, 2.05) is 24.3 Å². The second-order valence-electron chi connectivity index (χ2n) is 6.00. The van der Waals surface area contributed by atoms with Crippen molar-refractivity contribution in [2.45, 2.75) is 23.0 Å². The molecule has 1 atom stereocenters. The van der Waals surface area contributed by atoms with Crippen molar-refractivity contribution in [2.24, 2.45) is 0 Å². The van der Waals surface area contributed by atoms with Gasteiger partial charge in [0.1, 0.15) is 4.21 Å². The standard InChI is InChI=1S/C17H17ClN2O2S2/c18-16-7-8-17(23-16)24(21,22)20-11-14(12-4-3-9-19-10-12)13-5-1-2-6-15(13)20/h1-2,5-8,11-12,19H,3-4,9-10H2. The van der Waals surface area contributed by atoms with Crippen molar-refractivity contribution in [2.75, 3.05) is 13.1 Å². The van der Waals surface area contributed by atoms with Crippen LogP contribution in [0.4, 0.5) is 0 Å². The fraction of sp³-hybridized carbons (Fsp3) is 0.294. The molecule has 0 radical (unpaired) electrons. The van der Waals surface area contributed by atoms with Crippen LogP contribution in [0.1, 0.15) is 24.3 Å². The highest BCUT2D eigenvalue weighted by Crippen LogP contribution is 2.35. The summed E-state index contributed by atoms with van der Waals surface area (Å²) in [6, 6.07) is 10.9. The van der Waals surface area contributed by atoms with E-state index in [9.17, 15) is 8.42 Å². The number of thiophene rings is 1. The number of halogens is 1. The van der Waals surface area contributed by atoms with E-state index in [0.717, 1.165) is 53.7 Å². The molecule has 4 rings (SSSR count). The van der Waals surface area contributed by atoms with Crippen molar-refractivity contribution in [3.8, 4) is 0 Å². The summed E-state index contributed by atoms with van der Waals surface area (Å²) in [5, 5.41) is 4.42. The van der Waals surface area contributed by atoms with E-state index in [1.165, 1.54) is 3.97 Å². The Morgan fingerprint density at radius 3 is 2.75 bits per heavy atom. The van der Waals surface area contributed by atoms with Gasteiger partial charge in [0.25, 0.3) is 10.0 Å². The topological polar surface area (TPSA) is 51.1 Å². The van der Waals surface area contributed by atoms with E-state index in [0.29, 0.717) is 10.3 Å². The predicted octanol–water partition coefficient (Wildman–Crippen LogP) is 4.06. The molecule has 1 N–H and O–H groups in total. The number of nitrogens with zero attached hydrogens (tertiary/aromatic N) is 1. The third kappa shape index (κ3) is 2.67. The van der Waals surface area contributed by atoms with E-state index in [-0.39, 0.29) is 4.21 Å². The molecule has 4 nitrogen and oxygen atoms in total. The molecule has 1 aliphatic rings. The Balaban J connectivity index is 1.90. The summed E-state index contributed by atoms with van der Waals surface area (Å²) in [5.41, 5.74) is 1.83. The van der Waals surface area contributed by atoms with Crippen LogP contribution in [-0.4, -0.2) is 25.5 Å². The number of aromatic nitrogens is 1. The van der Waals surface area contributed by atoms with Gasteiger partial charge in [0.05, 0.1) is 9.85 Å². The van der Waals surface area contributed by atoms with Gasteiger partial charge in [-0.25, -0.2) is 3.97 Å². The van der Waals surface area contributed by atoms with Crippen molar-refractivity contribution < 1.29 is 8.42 Å². The lowest BCUT2D eigenvalue weighted by molar-refractivity contribution is 0.463.